The molecular weight excluding hydrogens is 348 g/mol. The summed E-state index contributed by atoms with van der Waals surface area (Å²) in [5.74, 6) is -0.0427. The molecule has 1 aromatic carbocycles. The van der Waals surface area contributed by atoms with Gasteiger partial charge in [-0.2, -0.15) is 0 Å². The molecule has 4 N–H and O–H groups in total. The van der Waals surface area contributed by atoms with Crippen LogP contribution in [-0.4, -0.2) is 25.9 Å². The number of hydrogen-bond donors (Lipinski definition) is 3. The number of hydrogen-bond acceptors (Lipinski definition) is 6. The second-order valence-electron chi connectivity index (χ2n) is 5.55. The number of carbonyl (C=O) groups excluding carboxylic acids is 1. The van der Waals surface area contributed by atoms with Crippen molar-refractivity contribution in [3.63, 3.8) is 0 Å². The van der Waals surface area contributed by atoms with Crippen LogP contribution in [0.25, 0.3) is 0 Å². The van der Waals surface area contributed by atoms with E-state index >= 15 is 0 Å². The molecule has 0 unspecified atom stereocenters. The Kier molecular flexibility index (Phi) is 4.83. The highest BCUT2D eigenvalue weighted by Crippen LogP contribution is 2.25. The van der Waals surface area contributed by atoms with Gasteiger partial charge in [-0.1, -0.05) is 0 Å². The number of aromatic nitrogens is 1. The van der Waals surface area contributed by atoms with Crippen molar-refractivity contribution in [1.82, 2.24) is 9.71 Å². The van der Waals surface area contributed by atoms with Gasteiger partial charge in [0.2, 0.25) is 15.9 Å². The Bertz CT molecular complexity index is 861. The lowest BCUT2D eigenvalue weighted by Gasteiger charge is -2.17. The molecule has 0 saturated carbocycles. The highest BCUT2D eigenvalue weighted by molar-refractivity contribution is 7.89. The van der Waals surface area contributed by atoms with Crippen molar-refractivity contribution in [3.8, 4) is 0 Å². The highest BCUT2D eigenvalue weighted by atomic mass is 32.2. The Morgan fingerprint density at radius 1 is 1.33 bits per heavy atom. The molecule has 1 aromatic heterocycles. The number of nitrogens with zero attached hydrogens (tertiary/aromatic N) is 1. The van der Waals surface area contributed by atoms with E-state index in [2.05, 4.69) is 15.0 Å². The topological polar surface area (TPSA) is 114 Å². The minimum absolute atomic E-state index is 0.0427. The number of anilines is 2. The van der Waals surface area contributed by atoms with E-state index in [4.69, 9.17) is 5.73 Å². The number of carbonyl (C=O) groups is 1. The Hall–Kier alpha value is -1.97. The van der Waals surface area contributed by atoms with Gasteiger partial charge >= 0.3 is 0 Å². The normalized spacial score (nSPS) is 14.2. The van der Waals surface area contributed by atoms with Crippen LogP contribution in [0.4, 0.5) is 10.8 Å². The SMILES string of the molecule is Nc1nc(CCCNS(=O)(=O)c2ccc3c(c2)CCC(=O)N3)cs1. The maximum Gasteiger partial charge on any atom is 0.240 e. The number of fused-ring (bicyclic) bond motifs is 1. The van der Waals surface area contributed by atoms with Gasteiger partial charge in [0.1, 0.15) is 0 Å². The maximum atomic E-state index is 12.4. The minimum Gasteiger partial charge on any atom is -0.375 e. The first-order valence-corrected chi connectivity index (χ1v) is 9.93. The maximum absolute atomic E-state index is 12.4. The fourth-order valence-corrected chi connectivity index (χ4v) is 4.25. The zero-order valence-corrected chi connectivity index (χ0v) is 14.5. The summed E-state index contributed by atoms with van der Waals surface area (Å²) in [7, 11) is -3.56. The predicted molar refractivity (Wildman–Crippen MR) is 93.4 cm³/mol. The molecule has 7 nitrogen and oxygen atoms in total. The van der Waals surface area contributed by atoms with Crippen LogP contribution >= 0.6 is 11.3 Å². The first kappa shape index (κ1) is 16.9. The van der Waals surface area contributed by atoms with Gasteiger partial charge in [-0.15, -0.1) is 11.3 Å². The molecule has 0 radical (unpaired) electrons. The molecule has 2 heterocycles. The van der Waals surface area contributed by atoms with Crippen molar-refractivity contribution in [1.29, 1.82) is 0 Å². The zero-order valence-electron chi connectivity index (χ0n) is 12.9. The van der Waals surface area contributed by atoms with E-state index in [1.54, 1.807) is 12.1 Å². The standard InChI is InChI=1S/C15H18N4O3S2/c16-15-18-11(9-23-15)2-1-7-17-24(21,22)12-4-5-13-10(8-12)3-6-14(20)19-13/h4-5,8-9,17H,1-3,6-7H2,(H2,16,18)(H,19,20). The number of benzene rings is 1. The number of nitrogens with one attached hydrogen (secondary N) is 2. The van der Waals surface area contributed by atoms with E-state index in [9.17, 15) is 13.2 Å². The third kappa shape index (κ3) is 3.92. The van der Waals surface area contributed by atoms with Crippen LogP contribution in [0.3, 0.4) is 0 Å². The molecule has 0 spiro atoms. The van der Waals surface area contributed by atoms with Crippen molar-refractivity contribution < 1.29 is 13.2 Å². The van der Waals surface area contributed by atoms with E-state index in [-0.39, 0.29) is 10.8 Å². The number of thiazole rings is 1. The molecule has 3 rings (SSSR count). The largest absolute Gasteiger partial charge is 0.375 e. The Morgan fingerprint density at radius 3 is 2.92 bits per heavy atom. The number of nitrogens with two attached hydrogens (primary N) is 1. The third-order valence-electron chi connectivity index (χ3n) is 3.75. The van der Waals surface area contributed by atoms with Gasteiger partial charge in [0.15, 0.2) is 5.13 Å². The van der Waals surface area contributed by atoms with E-state index in [1.807, 2.05) is 5.38 Å². The molecule has 0 saturated heterocycles. The summed E-state index contributed by atoms with van der Waals surface area (Å²) in [6.45, 7) is 0.327. The predicted octanol–water partition coefficient (Wildman–Crippen LogP) is 1.52. The quantitative estimate of drug-likeness (QED) is 0.671. The van der Waals surface area contributed by atoms with Crippen molar-refractivity contribution in [2.45, 2.75) is 30.6 Å². The molecular formula is C15H18N4O3S2. The van der Waals surface area contributed by atoms with Crippen LogP contribution in [-0.2, 0) is 27.7 Å². The van der Waals surface area contributed by atoms with E-state index in [0.29, 0.717) is 43.0 Å². The number of rotatable bonds is 6. The summed E-state index contributed by atoms with van der Waals surface area (Å²) in [5.41, 5.74) is 7.97. The molecule has 0 fully saturated rings. The van der Waals surface area contributed by atoms with E-state index in [0.717, 1.165) is 11.3 Å². The fraction of sp³-hybridized carbons (Fsp3) is 0.333. The second kappa shape index (κ2) is 6.88. The van der Waals surface area contributed by atoms with Crippen LogP contribution in [0.15, 0.2) is 28.5 Å². The average Bonchev–Trinajstić information content (AvgIpc) is 2.96. The molecule has 0 bridgehead atoms. The summed E-state index contributed by atoms with van der Waals surface area (Å²) < 4.78 is 27.3. The van der Waals surface area contributed by atoms with Gasteiger partial charge in [0.05, 0.1) is 10.6 Å². The number of sulfonamides is 1. The first-order valence-electron chi connectivity index (χ1n) is 7.56. The van der Waals surface area contributed by atoms with Gasteiger partial charge in [-0.3, -0.25) is 4.79 Å². The van der Waals surface area contributed by atoms with Gasteiger partial charge < -0.3 is 11.1 Å². The first-order chi connectivity index (χ1) is 11.4. The summed E-state index contributed by atoms with van der Waals surface area (Å²) in [5, 5.41) is 5.14. The molecule has 24 heavy (non-hydrogen) atoms. The van der Waals surface area contributed by atoms with Crippen LogP contribution in [0, 0.1) is 0 Å². The highest BCUT2D eigenvalue weighted by Gasteiger charge is 2.19. The average molecular weight is 366 g/mol. The number of nitrogen functional groups attached to an aromatic ring is 1. The van der Waals surface area contributed by atoms with Crippen LogP contribution in [0.2, 0.25) is 0 Å². The number of aryl methyl sites for hydroxylation is 2. The zero-order chi connectivity index (χ0) is 17.2. The molecule has 2 aromatic rings. The molecule has 1 aliphatic rings. The van der Waals surface area contributed by atoms with Crippen molar-refractivity contribution in [2.24, 2.45) is 0 Å². The summed E-state index contributed by atoms with van der Waals surface area (Å²) in [6.07, 6.45) is 2.24. The smallest absolute Gasteiger partial charge is 0.240 e. The number of amides is 1. The lowest BCUT2D eigenvalue weighted by atomic mass is 10.0. The monoisotopic (exact) mass is 366 g/mol. The van der Waals surface area contributed by atoms with Crippen LogP contribution in [0.1, 0.15) is 24.1 Å². The summed E-state index contributed by atoms with van der Waals surface area (Å²) in [4.78, 5) is 15.7. The molecule has 1 amide bonds. The van der Waals surface area contributed by atoms with Crippen LogP contribution in [0.5, 0.6) is 0 Å². The third-order valence-corrected chi connectivity index (χ3v) is 5.94. The molecule has 0 aliphatic carbocycles. The Balaban J connectivity index is 1.60. The Labute approximate surface area is 144 Å². The fourth-order valence-electron chi connectivity index (χ4n) is 2.52. The van der Waals surface area contributed by atoms with Crippen molar-refractivity contribution in [3.05, 3.63) is 34.8 Å². The molecule has 1 aliphatic heterocycles. The van der Waals surface area contributed by atoms with Crippen LogP contribution < -0.4 is 15.8 Å². The molecule has 0 atom stereocenters. The molecule has 128 valence electrons. The second-order valence-corrected chi connectivity index (χ2v) is 8.20. The van der Waals surface area contributed by atoms with Gasteiger partial charge in [-0.25, -0.2) is 18.1 Å². The van der Waals surface area contributed by atoms with Gasteiger partial charge in [-0.05, 0) is 43.0 Å². The van der Waals surface area contributed by atoms with Gasteiger partial charge in [0.25, 0.3) is 0 Å². The molecule has 9 heteroatoms. The van der Waals surface area contributed by atoms with E-state index in [1.165, 1.54) is 17.4 Å². The van der Waals surface area contributed by atoms with Crippen molar-refractivity contribution >= 4 is 38.1 Å². The van der Waals surface area contributed by atoms with Crippen molar-refractivity contribution in [2.75, 3.05) is 17.6 Å². The summed E-state index contributed by atoms with van der Waals surface area (Å²) in [6, 6.07) is 4.77. The Morgan fingerprint density at radius 2 is 2.17 bits per heavy atom. The lowest BCUT2D eigenvalue weighted by Crippen LogP contribution is -2.26. The van der Waals surface area contributed by atoms with E-state index < -0.39 is 10.0 Å². The van der Waals surface area contributed by atoms with Gasteiger partial charge in [0, 0.05) is 24.0 Å². The lowest BCUT2D eigenvalue weighted by molar-refractivity contribution is -0.116. The minimum atomic E-state index is -3.56. The summed E-state index contributed by atoms with van der Waals surface area (Å²) >= 11 is 1.38.